The Bertz CT molecular complexity index is 486. The Morgan fingerprint density at radius 3 is 2.80 bits per heavy atom. The van der Waals surface area contributed by atoms with Gasteiger partial charge >= 0.3 is 0 Å². The normalized spacial score (nSPS) is 10.3. The predicted molar refractivity (Wildman–Crippen MR) is 53.3 cm³/mol. The van der Waals surface area contributed by atoms with Crippen LogP contribution in [0.15, 0.2) is 41.2 Å². The van der Waals surface area contributed by atoms with E-state index in [1.807, 2.05) is 6.92 Å². The Kier molecular flexibility index (Phi) is 2.37. The number of rotatable bonds is 2. The Labute approximate surface area is 86.3 Å². The zero-order chi connectivity index (χ0) is 10.8. The van der Waals surface area contributed by atoms with Gasteiger partial charge in [0.15, 0.2) is 5.78 Å². The molecule has 15 heavy (non-hydrogen) atoms. The van der Waals surface area contributed by atoms with Crippen molar-refractivity contribution >= 4 is 5.78 Å². The lowest BCUT2D eigenvalue weighted by atomic mass is 10.0. The molecule has 0 radical (unpaired) electrons. The van der Waals surface area contributed by atoms with Gasteiger partial charge in [0.05, 0.1) is 17.4 Å². The molecular formula is C12H9FO2. The van der Waals surface area contributed by atoms with E-state index in [1.165, 1.54) is 30.7 Å². The van der Waals surface area contributed by atoms with Crippen molar-refractivity contribution < 1.29 is 13.6 Å². The standard InChI is InChI=1S/C12H9FO2/c1-8-2-3-11(13)10(6-8)12(14)9-4-5-15-7-9/h2-7H,1H3. The second kappa shape index (κ2) is 3.69. The summed E-state index contributed by atoms with van der Waals surface area (Å²) in [6.45, 7) is 1.81. The number of hydrogen-bond acceptors (Lipinski definition) is 2. The first kappa shape index (κ1) is 9.65. The first-order valence-corrected chi connectivity index (χ1v) is 4.51. The van der Waals surface area contributed by atoms with Gasteiger partial charge in [-0.1, -0.05) is 11.6 Å². The van der Waals surface area contributed by atoms with Gasteiger partial charge in [0.25, 0.3) is 0 Å². The molecule has 0 unspecified atom stereocenters. The Morgan fingerprint density at radius 2 is 2.13 bits per heavy atom. The maximum Gasteiger partial charge on any atom is 0.199 e. The summed E-state index contributed by atoms with van der Waals surface area (Å²) in [5, 5.41) is 0. The molecule has 1 aromatic carbocycles. The quantitative estimate of drug-likeness (QED) is 0.704. The molecule has 2 aromatic rings. The Balaban J connectivity index is 2.46. The van der Waals surface area contributed by atoms with Crippen molar-refractivity contribution in [2.24, 2.45) is 0 Å². The van der Waals surface area contributed by atoms with Crippen LogP contribution in [0.5, 0.6) is 0 Å². The smallest absolute Gasteiger partial charge is 0.199 e. The summed E-state index contributed by atoms with van der Waals surface area (Å²) in [5.41, 5.74) is 1.29. The van der Waals surface area contributed by atoms with Crippen molar-refractivity contribution in [2.45, 2.75) is 6.92 Å². The summed E-state index contributed by atoms with van der Waals surface area (Å²) >= 11 is 0. The summed E-state index contributed by atoms with van der Waals surface area (Å²) in [6, 6.07) is 5.97. The lowest BCUT2D eigenvalue weighted by molar-refractivity contribution is 0.103. The predicted octanol–water partition coefficient (Wildman–Crippen LogP) is 2.96. The minimum absolute atomic E-state index is 0.0800. The van der Waals surface area contributed by atoms with E-state index < -0.39 is 5.82 Å². The third kappa shape index (κ3) is 1.81. The summed E-state index contributed by atoms with van der Waals surface area (Å²) in [5.74, 6) is -0.864. The largest absolute Gasteiger partial charge is 0.472 e. The zero-order valence-electron chi connectivity index (χ0n) is 8.16. The summed E-state index contributed by atoms with van der Waals surface area (Å²) < 4.78 is 18.1. The molecule has 0 N–H and O–H groups in total. The van der Waals surface area contributed by atoms with Gasteiger partial charge in [-0.05, 0) is 25.1 Å². The van der Waals surface area contributed by atoms with Gasteiger partial charge in [0, 0.05) is 0 Å². The molecule has 76 valence electrons. The number of halogens is 1. The number of furan rings is 1. The van der Waals surface area contributed by atoms with Crippen LogP contribution in [0.1, 0.15) is 21.5 Å². The highest BCUT2D eigenvalue weighted by Gasteiger charge is 2.14. The Hall–Kier alpha value is -1.90. The number of ketones is 1. The SMILES string of the molecule is Cc1ccc(F)c(C(=O)c2ccoc2)c1. The van der Waals surface area contributed by atoms with E-state index in [0.717, 1.165) is 5.56 Å². The fourth-order valence-electron chi connectivity index (χ4n) is 1.36. The number of benzene rings is 1. The van der Waals surface area contributed by atoms with Crippen LogP contribution in [0.3, 0.4) is 0 Å². The fourth-order valence-corrected chi connectivity index (χ4v) is 1.36. The van der Waals surface area contributed by atoms with Crippen molar-refractivity contribution in [3.05, 3.63) is 59.3 Å². The van der Waals surface area contributed by atoms with Crippen LogP contribution in [0.2, 0.25) is 0 Å². The van der Waals surface area contributed by atoms with E-state index in [0.29, 0.717) is 5.56 Å². The van der Waals surface area contributed by atoms with Crippen LogP contribution in [-0.2, 0) is 0 Å². The van der Waals surface area contributed by atoms with Crippen LogP contribution in [0.4, 0.5) is 4.39 Å². The van der Waals surface area contributed by atoms with Crippen LogP contribution in [0.25, 0.3) is 0 Å². The van der Waals surface area contributed by atoms with Crippen molar-refractivity contribution in [1.29, 1.82) is 0 Å². The third-order valence-electron chi connectivity index (χ3n) is 2.15. The van der Waals surface area contributed by atoms with Crippen LogP contribution >= 0.6 is 0 Å². The van der Waals surface area contributed by atoms with E-state index in [1.54, 1.807) is 6.07 Å². The van der Waals surface area contributed by atoms with Gasteiger partial charge in [0.1, 0.15) is 12.1 Å². The number of carbonyl (C=O) groups is 1. The van der Waals surface area contributed by atoms with E-state index >= 15 is 0 Å². The van der Waals surface area contributed by atoms with Crippen molar-refractivity contribution in [1.82, 2.24) is 0 Å². The zero-order valence-corrected chi connectivity index (χ0v) is 8.16. The lowest BCUT2D eigenvalue weighted by Crippen LogP contribution is -2.03. The fraction of sp³-hybridized carbons (Fsp3) is 0.0833. The van der Waals surface area contributed by atoms with Gasteiger partial charge in [-0.3, -0.25) is 4.79 Å². The number of carbonyl (C=O) groups excluding carboxylic acids is 1. The second-order valence-corrected chi connectivity index (χ2v) is 3.32. The average molecular weight is 204 g/mol. The van der Waals surface area contributed by atoms with Gasteiger partial charge in [-0.25, -0.2) is 4.39 Å². The summed E-state index contributed by atoms with van der Waals surface area (Å²) in [7, 11) is 0. The first-order valence-electron chi connectivity index (χ1n) is 4.51. The molecule has 2 rings (SSSR count). The van der Waals surface area contributed by atoms with E-state index in [-0.39, 0.29) is 11.3 Å². The average Bonchev–Trinajstić information content (AvgIpc) is 2.74. The molecule has 1 heterocycles. The lowest BCUT2D eigenvalue weighted by Gasteiger charge is -2.01. The molecule has 3 heteroatoms. The molecule has 0 amide bonds. The highest BCUT2D eigenvalue weighted by atomic mass is 19.1. The minimum atomic E-state index is -0.508. The monoisotopic (exact) mass is 204 g/mol. The van der Waals surface area contributed by atoms with Crippen molar-refractivity contribution in [3.8, 4) is 0 Å². The topological polar surface area (TPSA) is 30.2 Å². The number of aryl methyl sites for hydroxylation is 1. The summed E-state index contributed by atoms with van der Waals surface area (Å²) in [6.07, 6.45) is 2.70. The van der Waals surface area contributed by atoms with Crippen molar-refractivity contribution in [3.63, 3.8) is 0 Å². The molecule has 0 atom stereocenters. The van der Waals surface area contributed by atoms with Crippen LogP contribution in [0, 0.1) is 12.7 Å². The molecular weight excluding hydrogens is 195 g/mol. The van der Waals surface area contributed by atoms with Gasteiger partial charge in [0.2, 0.25) is 0 Å². The van der Waals surface area contributed by atoms with Gasteiger partial charge in [-0.15, -0.1) is 0 Å². The van der Waals surface area contributed by atoms with Crippen LogP contribution in [-0.4, -0.2) is 5.78 Å². The van der Waals surface area contributed by atoms with E-state index in [9.17, 15) is 9.18 Å². The highest BCUT2D eigenvalue weighted by molar-refractivity contribution is 6.09. The molecule has 0 spiro atoms. The van der Waals surface area contributed by atoms with Gasteiger partial charge in [-0.2, -0.15) is 0 Å². The molecule has 2 nitrogen and oxygen atoms in total. The third-order valence-corrected chi connectivity index (χ3v) is 2.15. The first-order chi connectivity index (χ1) is 7.18. The minimum Gasteiger partial charge on any atom is -0.472 e. The van der Waals surface area contributed by atoms with Crippen molar-refractivity contribution in [2.75, 3.05) is 0 Å². The molecule has 0 aliphatic rings. The molecule has 0 saturated carbocycles. The molecule has 0 aliphatic carbocycles. The molecule has 0 aliphatic heterocycles. The second-order valence-electron chi connectivity index (χ2n) is 3.32. The maximum atomic E-state index is 13.4. The highest BCUT2D eigenvalue weighted by Crippen LogP contribution is 2.15. The number of hydrogen-bond donors (Lipinski definition) is 0. The molecule has 0 saturated heterocycles. The van der Waals surface area contributed by atoms with E-state index in [4.69, 9.17) is 4.42 Å². The van der Waals surface area contributed by atoms with Gasteiger partial charge < -0.3 is 4.42 Å². The molecule has 1 aromatic heterocycles. The molecule has 0 fully saturated rings. The van der Waals surface area contributed by atoms with Crippen LogP contribution < -0.4 is 0 Å². The van der Waals surface area contributed by atoms with E-state index in [2.05, 4.69) is 0 Å². The molecule has 0 bridgehead atoms. The Morgan fingerprint density at radius 1 is 1.33 bits per heavy atom. The maximum absolute atomic E-state index is 13.4. The summed E-state index contributed by atoms with van der Waals surface area (Å²) in [4.78, 5) is 11.8.